The van der Waals surface area contributed by atoms with Crippen molar-refractivity contribution in [3.63, 3.8) is 0 Å². The maximum atomic E-state index is 5.91. The average Bonchev–Trinajstić information content (AvgIpc) is 2.34. The summed E-state index contributed by atoms with van der Waals surface area (Å²) in [5.41, 5.74) is 9.10. The predicted octanol–water partition coefficient (Wildman–Crippen LogP) is 4.21. The zero-order valence-corrected chi connectivity index (χ0v) is 11.7. The van der Waals surface area contributed by atoms with Crippen molar-refractivity contribution >= 4 is 11.4 Å². The highest BCUT2D eigenvalue weighted by molar-refractivity contribution is 5.58. The molecule has 0 aromatic heterocycles. The quantitative estimate of drug-likeness (QED) is 0.781. The van der Waals surface area contributed by atoms with Gasteiger partial charge in [0.1, 0.15) is 0 Å². The van der Waals surface area contributed by atoms with E-state index in [1.807, 2.05) is 13.0 Å². The minimum atomic E-state index is 0.881. The molecular weight excluding hydrogens is 220 g/mol. The van der Waals surface area contributed by atoms with Crippen molar-refractivity contribution < 1.29 is 0 Å². The summed E-state index contributed by atoms with van der Waals surface area (Å²) in [5, 5.41) is 3.49. The summed E-state index contributed by atoms with van der Waals surface area (Å²) in [4.78, 5) is 0. The van der Waals surface area contributed by atoms with Gasteiger partial charge in [-0.1, -0.05) is 32.3 Å². The minimum absolute atomic E-state index is 0.881. The topological polar surface area (TPSA) is 38.0 Å². The number of hydrogen-bond acceptors (Lipinski definition) is 2. The Bertz CT molecular complexity index is 387. The van der Waals surface area contributed by atoms with E-state index in [9.17, 15) is 0 Å². The largest absolute Gasteiger partial charge is 0.398 e. The lowest BCUT2D eigenvalue weighted by Crippen LogP contribution is -2.16. The van der Waals surface area contributed by atoms with Gasteiger partial charge in [0, 0.05) is 17.9 Å². The van der Waals surface area contributed by atoms with E-state index in [-0.39, 0.29) is 0 Å². The van der Waals surface area contributed by atoms with Gasteiger partial charge >= 0.3 is 0 Å². The van der Waals surface area contributed by atoms with Gasteiger partial charge in [0.2, 0.25) is 0 Å². The van der Waals surface area contributed by atoms with Gasteiger partial charge in [-0.05, 0) is 49.3 Å². The second-order valence-electron chi connectivity index (χ2n) is 5.92. The third-order valence-electron chi connectivity index (χ3n) is 4.21. The normalized spacial score (nSPS) is 23.9. The van der Waals surface area contributed by atoms with Crippen molar-refractivity contribution in [1.82, 2.24) is 0 Å². The molecule has 2 heteroatoms. The third kappa shape index (κ3) is 3.66. The number of nitrogens with one attached hydrogen (secondary N) is 1. The van der Waals surface area contributed by atoms with Crippen LogP contribution in [0, 0.1) is 18.8 Å². The molecule has 18 heavy (non-hydrogen) atoms. The summed E-state index contributed by atoms with van der Waals surface area (Å²) in [6, 6.07) is 6.24. The number of benzene rings is 1. The number of anilines is 2. The first kappa shape index (κ1) is 13.3. The van der Waals surface area contributed by atoms with Crippen LogP contribution in [-0.2, 0) is 0 Å². The summed E-state index contributed by atoms with van der Waals surface area (Å²) in [6.45, 7) is 5.50. The van der Waals surface area contributed by atoms with Crippen molar-refractivity contribution in [3.8, 4) is 0 Å². The molecule has 1 aliphatic carbocycles. The fourth-order valence-electron chi connectivity index (χ4n) is 2.99. The number of hydrogen-bond donors (Lipinski definition) is 2. The highest BCUT2D eigenvalue weighted by atomic mass is 14.9. The molecule has 1 fully saturated rings. The van der Waals surface area contributed by atoms with E-state index in [0.29, 0.717) is 0 Å². The molecule has 0 amide bonds. The molecule has 2 rings (SSSR count). The molecule has 1 aromatic rings. The van der Waals surface area contributed by atoms with Crippen molar-refractivity contribution in [1.29, 1.82) is 0 Å². The smallest absolute Gasteiger partial charge is 0.0364 e. The maximum Gasteiger partial charge on any atom is 0.0364 e. The Hall–Kier alpha value is -1.18. The SMILES string of the molecule is Cc1ccc(NCCC2CCCC(C)C2)cc1N. The van der Waals surface area contributed by atoms with Crippen LogP contribution in [0.3, 0.4) is 0 Å². The lowest BCUT2D eigenvalue weighted by Gasteiger charge is -2.26. The standard InChI is InChI=1S/C16H26N2/c1-12-4-3-5-14(10-12)8-9-18-15-7-6-13(2)16(17)11-15/h6-7,11-12,14,18H,3-5,8-10,17H2,1-2H3. The highest BCUT2D eigenvalue weighted by Crippen LogP contribution is 2.30. The number of nitrogens with two attached hydrogens (primary N) is 1. The molecule has 0 heterocycles. The van der Waals surface area contributed by atoms with Crippen LogP contribution in [0.1, 0.15) is 44.6 Å². The molecule has 3 N–H and O–H groups in total. The second-order valence-corrected chi connectivity index (χ2v) is 5.92. The molecule has 1 aromatic carbocycles. The van der Waals surface area contributed by atoms with Crippen LogP contribution in [-0.4, -0.2) is 6.54 Å². The Morgan fingerprint density at radius 2 is 2.17 bits per heavy atom. The Balaban J connectivity index is 1.76. The molecule has 0 bridgehead atoms. The van der Waals surface area contributed by atoms with Gasteiger partial charge in [-0.3, -0.25) is 0 Å². The van der Waals surface area contributed by atoms with Crippen LogP contribution in [0.4, 0.5) is 11.4 Å². The van der Waals surface area contributed by atoms with Gasteiger partial charge in [-0.25, -0.2) is 0 Å². The van der Waals surface area contributed by atoms with Crippen molar-refractivity contribution in [2.75, 3.05) is 17.6 Å². The maximum absolute atomic E-state index is 5.91. The van der Waals surface area contributed by atoms with E-state index in [1.54, 1.807) is 0 Å². The van der Waals surface area contributed by atoms with Crippen LogP contribution in [0.5, 0.6) is 0 Å². The van der Waals surface area contributed by atoms with Crippen LogP contribution < -0.4 is 11.1 Å². The van der Waals surface area contributed by atoms with Crippen molar-refractivity contribution in [2.45, 2.75) is 46.0 Å². The molecule has 0 spiro atoms. The zero-order valence-electron chi connectivity index (χ0n) is 11.7. The van der Waals surface area contributed by atoms with Crippen LogP contribution in [0.25, 0.3) is 0 Å². The fraction of sp³-hybridized carbons (Fsp3) is 0.625. The van der Waals surface area contributed by atoms with Crippen molar-refractivity contribution in [2.24, 2.45) is 11.8 Å². The van der Waals surface area contributed by atoms with E-state index in [1.165, 1.54) is 32.1 Å². The monoisotopic (exact) mass is 246 g/mol. The van der Waals surface area contributed by atoms with Gasteiger partial charge in [-0.15, -0.1) is 0 Å². The number of aryl methyl sites for hydroxylation is 1. The van der Waals surface area contributed by atoms with Gasteiger partial charge in [0.25, 0.3) is 0 Å². The molecular formula is C16H26N2. The predicted molar refractivity (Wildman–Crippen MR) is 79.8 cm³/mol. The highest BCUT2D eigenvalue weighted by Gasteiger charge is 2.18. The molecule has 1 saturated carbocycles. The van der Waals surface area contributed by atoms with E-state index in [2.05, 4.69) is 24.4 Å². The van der Waals surface area contributed by atoms with Crippen molar-refractivity contribution in [3.05, 3.63) is 23.8 Å². The first-order valence-corrected chi connectivity index (χ1v) is 7.25. The second kappa shape index (κ2) is 6.12. The number of rotatable bonds is 4. The zero-order chi connectivity index (χ0) is 13.0. The summed E-state index contributed by atoms with van der Waals surface area (Å²) in [5.74, 6) is 1.85. The minimum Gasteiger partial charge on any atom is -0.398 e. The van der Waals surface area contributed by atoms with Gasteiger partial charge < -0.3 is 11.1 Å². The Morgan fingerprint density at radius 1 is 1.33 bits per heavy atom. The van der Waals surface area contributed by atoms with Crippen LogP contribution in [0.2, 0.25) is 0 Å². The molecule has 2 atom stereocenters. The third-order valence-corrected chi connectivity index (χ3v) is 4.21. The molecule has 0 radical (unpaired) electrons. The van der Waals surface area contributed by atoms with Crippen LogP contribution in [0.15, 0.2) is 18.2 Å². The summed E-state index contributed by atoms with van der Waals surface area (Å²) >= 11 is 0. The molecule has 0 aliphatic heterocycles. The Morgan fingerprint density at radius 3 is 2.89 bits per heavy atom. The van der Waals surface area contributed by atoms with E-state index < -0.39 is 0 Å². The molecule has 2 unspecified atom stereocenters. The first-order chi connectivity index (χ1) is 8.65. The van der Waals surface area contributed by atoms with Gasteiger partial charge in [0.05, 0.1) is 0 Å². The molecule has 100 valence electrons. The van der Waals surface area contributed by atoms with E-state index in [0.717, 1.165) is 35.3 Å². The summed E-state index contributed by atoms with van der Waals surface area (Å²) in [6.07, 6.45) is 6.97. The lowest BCUT2D eigenvalue weighted by atomic mass is 9.81. The average molecular weight is 246 g/mol. The summed E-state index contributed by atoms with van der Waals surface area (Å²) in [7, 11) is 0. The van der Waals surface area contributed by atoms with E-state index >= 15 is 0 Å². The molecule has 0 saturated heterocycles. The fourth-order valence-corrected chi connectivity index (χ4v) is 2.99. The Labute approximate surface area is 111 Å². The number of nitrogen functional groups attached to an aromatic ring is 1. The lowest BCUT2D eigenvalue weighted by molar-refractivity contribution is 0.274. The van der Waals surface area contributed by atoms with Crippen LogP contribution >= 0.6 is 0 Å². The van der Waals surface area contributed by atoms with Gasteiger partial charge in [-0.2, -0.15) is 0 Å². The Kier molecular flexibility index (Phi) is 4.51. The first-order valence-electron chi connectivity index (χ1n) is 7.25. The van der Waals surface area contributed by atoms with Gasteiger partial charge in [0.15, 0.2) is 0 Å². The van der Waals surface area contributed by atoms with E-state index in [4.69, 9.17) is 5.73 Å². The molecule has 1 aliphatic rings. The summed E-state index contributed by atoms with van der Waals surface area (Å²) < 4.78 is 0. The molecule has 2 nitrogen and oxygen atoms in total.